The lowest BCUT2D eigenvalue weighted by atomic mass is 9.98. The SMILES string of the molecule is COCC1CCN(c2ncc(-c3cccc(CO)c3)cn2)CC1. The first kappa shape index (κ1) is 15.9. The van der Waals surface area contributed by atoms with Gasteiger partial charge in [-0.1, -0.05) is 18.2 Å². The Bertz CT molecular complexity index is 622. The Balaban J connectivity index is 1.68. The molecule has 0 amide bonds. The minimum absolute atomic E-state index is 0.0448. The zero-order chi connectivity index (χ0) is 16.1. The lowest BCUT2D eigenvalue weighted by molar-refractivity contribution is 0.139. The third-order valence-corrected chi connectivity index (χ3v) is 4.38. The van der Waals surface area contributed by atoms with E-state index < -0.39 is 0 Å². The summed E-state index contributed by atoms with van der Waals surface area (Å²) in [5, 5.41) is 9.24. The smallest absolute Gasteiger partial charge is 0.225 e. The molecule has 0 spiro atoms. The van der Waals surface area contributed by atoms with Crippen LogP contribution in [-0.4, -0.2) is 41.9 Å². The molecule has 5 nitrogen and oxygen atoms in total. The van der Waals surface area contributed by atoms with Crippen molar-refractivity contribution in [1.29, 1.82) is 0 Å². The third kappa shape index (κ3) is 3.86. The molecule has 1 N–H and O–H groups in total. The van der Waals surface area contributed by atoms with Crippen molar-refractivity contribution in [3.63, 3.8) is 0 Å². The largest absolute Gasteiger partial charge is 0.392 e. The molecule has 3 rings (SSSR count). The molecule has 1 aromatic carbocycles. The van der Waals surface area contributed by atoms with Gasteiger partial charge in [0.25, 0.3) is 0 Å². The molecule has 2 aromatic rings. The summed E-state index contributed by atoms with van der Waals surface area (Å²) >= 11 is 0. The van der Waals surface area contributed by atoms with Crippen LogP contribution in [0.2, 0.25) is 0 Å². The van der Waals surface area contributed by atoms with Crippen LogP contribution in [0, 0.1) is 5.92 Å². The molecule has 0 bridgehead atoms. The van der Waals surface area contributed by atoms with Crippen molar-refractivity contribution in [2.75, 3.05) is 31.7 Å². The standard InChI is InChI=1S/C18H23N3O2/c1-23-13-14-5-7-21(8-6-14)18-19-10-17(11-20-18)16-4-2-3-15(9-16)12-22/h2-4,9-11,14,22H,5-8,12-13H2,1H3. The van der Waals surface area contributed by atoms with Gasteiger partial charge in [0, 0.05) is 44.8 Å². The number of aromatic nitrogens is 2. The van der Waals surface area contributed by atoms with Crippen LogP contribution in [0.15, 0.2) is 36.7 Å². The van der Waals surface area contributed by atoms with Crippen LogP contribution in [0.3, 0.4) is 0 Å². The molecule has 0 saturated carbocycles. The fraction of sp³-hybridized carbons (Fsp3) is 0.444. The van der Waals surface area contributed by atoms with E-state index in [0.29, 0.717) is 5.92 Å². The molecule has 2 heterocycles. The summed E-state index contributed by atoms with van der Waals surface area (Å²) in [5.41, 5.74) is 2.90. The minimum Gasteiger partial charge on any atom is -0.392 e. The van der Waals surface area contributed by atoms with Crippen LogP contribution in [0.4, 0.5) is 5.95 Å². The molecule has 23 heavy (non-hydrogen) atoms. The maximum atomic E-state index is 9.24. The number of methoxy groups -OCH3 is 1. The Morgan fingerprint density at radius 3 is 2.57 bits per heavy atom. The molecule has 0 unspecified atom stereocenters. The summed E-state index contributed by atoms with van der Waals surface area (Å²) in [5.74, 6) is 1.44. The van der Waals surface area contributed by atoms with E-state index in [-0.39, 0.29) is 6.61 Å². The monoisotopic (exact) mass is 313 g/mol. The topological polar surface area (TPSA) is 58.5 Å². The molecule has 1 aliphatic heterocycles. The van der Waals surface area contributed by atoms with Crippen molar-refractivity contribution in [1.82, 2.24) is 9.97 Å². The molecule has 1 fully saturated rings. The number of benzene rings is 1. The normalized spacial score (nSPS) is 15.8. The highest BCUT2D eigenvalue weighted by molar-refractivity contribution is 5.62. The number of rotatable bonds is 5. The number of nitrogens with zero attached hydrogens (tertiary/aromatic N) is 3. The van der Waals surface area contributed by atoms with Crippen LogP contribution >= 0.6 is 0 Å². The predicted molar refractivity (Wildman–Crippen MR) is 90.2 cm³/mol. The predicted octanol–water partition coefficient (Wildman–Crippen LogP) is 2.50. The van der Waals surface area contributed by atoms with Crippen molar-refractivity contribution in [2.45, 2.75) is 19.4 Å². The second kappa shape index (κ2) is 7.53. The molecule has 0 radical (unpaired) electrons. The Kier molecular flexibility index (Phi) is 5.20. The zero-order valence-electron chi connectivity index (χ0n) is 13.5. The van der Waals surface area contributed by atoms with E-state index >= 15 is 0 Å². The zero-order valence-corrected chi connectivity index (χ0v) is 13.5. The summed E-state index contributed by atoms with van der Waals surface area (Å²) in [7, 11) is 1.76. The Morgan fingerprint density at radius 2 is 1.91 bits per heavy atom. The van der Waals surface area contributed by atoms with Crippen LogP contribution in [0.5, 0.6) is 0 Å². The maximum Gasteiger partial charge on any atom is 0.225 e. The van der Waals surface area contributed by atoms with Crippen molar-refractivity contribution < 1.29 is 9.84 Å². The first-order valence-electron chi connectivity index (χ1n) is 8.06. The van der Waals surface area contributed by atoms with Gasteiger partial charge >= 0.3 is 0 Å². The van der Waals surface area contributed by atoms with E-state index in [9.17, 15) is 5.11 Å². The van der Waals surface area contributed by atoms with E-state index in [1.54, 1.807) is 7.11 Å². The van der Waals surface area contributed by atoms with Gasteiger partial charge in [0.15, 0.2) is 0 Å². The van der Waals surface area contributed by atoms with E-state index in [0.717, 1.165) is 55.2 Å². The molecule has 1 aliphatic rings. The first-order valence-corrected chi connectivity index (χ1v) is 8.06. The van der Waals surface area contributed by atoms with Gasteiger partial charge in [0.05, 0.1) is 6.61 Å². The average molecular weight is 313 g/mol. The number of hydrogen-bond donors (Lipinski definition) is 1. The second-order valence-corrected chi connectivity index (χ2v) is 6.02. The van der Waals surface area contributed by atoms with E-state index in [2.05, 4.69) is 14.9 Å². The minimum atomic E-state index is 0.0448. The number of ether oxygens (including phenoxy) is 1. The van der Waals surface area contributed by atoms with Gasteiger partial charge in [-0.3, -0.25) is 0 Å². The van der Waals surface area contributed by atoms with Crippen LogP contribution in [-0.2, 0) is 11.3 Å². The molecular formula is C18H23N3O2. The van der Waals surface area contributed by atoms with E-state index in [1.807, 2.05) is 36.7 Å². The molecule has 1 saturated heterocycles. The molecule has 0 atom stereocenters. The second-order valence-electron chi connectivity index (χ2n) is 6.02. The number of hydrogen-bond acceptors (Lipinski definition) is 5. The maximum absolute atomic E-state index is 9.24. The van der Waals surface area contributed by atoms with Gasteiger partial charge in [-0.15, -0.1) is 0 Å². The summed E-state index contributed by atoms with van der Waals surface area (Å²) in [6.07, 6.45) is 5.97. The van der Waals surface area contributed by atoms with Gasteiger partial charge in [-0.2, -0.15) is 0 Å². The number of aliphatic hydroxyl groups excluding tert-OH is 1. The molecular weight excluding hydrogens is 290 g/mol. The van der Waals surface area contributed by atoms with Gasteiger partial charge in [0.1, 0.15) is 0 Å². The van der Waals surface area contributed by atoms with Crippen LogP contribution < -0.4 is 4.90 Å². The lowest BCUT2D eigenvalue weighted by Gasteiger charge is -2.31. The fourth-order valence-electron chi connectivity index (χ4n) is 3.02. The van der Waals surface area contributed by atoms with Gasteiger partial charge < -0.3 is 14.7 Å². The highest BCUT2D eigenvalue weighted by atomic mass is 16.5. The van der Waals surface area contributed by atoms with Crippen LogP contribution in [0.25, 0.3) is 11.1 Å². The van der Waals surface area contributed by atoms with Crippen molar-refractivity contribution >= 4 is 5.95 Å². The lowest BCUT2D eigenvalue weighted by Crippen LogP contribution is -2.36. The Hall–Kier alpha value is -1.98. The first-order chi connectivity index (χ1) is 11.3. The summed E-state index contributed by atoms with van der Waals surface area (Å²) in [4.78, 5) is 11.3. The van der Waals surface area contributed by atoms with Crippen molar-refractivity contribution in [3.8, 4) is 11.1 Å². The number of aliphatic hydroxyl groups is 1. The fourth-order valence-corrected chi connectivity index (χ4v) is 3.02. The molecule has 1 aromatic heterocycles. The summed E-state index contributed by atoms with van der Waals surface area (Å²) in [6.45, 7) is 2.85. The molecule has 0 aliphatic carbocycles. The molecule has 122 valence electrons. The molecule has 5 heteroatoms. The van der Waals surface area contributed by atoms with E-state index in [4.69, 9.17) is 4.74 Å². The van der Waals surface area contributed by atoms with Gasteiger partial charge in [0.2, 0.25) is 5.95 Å². The number of piperidine rings is 1. The van der Waals surface area contributed by atoms with Crippen molar-refractivity contribution in [3.05, 3.63) is 42.2 Å². The Labute approximate surface area is 137 Å². The highest BCUT2D eigenvalue weighted by Gasteiger charge is 2.20. The van der Waals surface area contributed by atoms with Crippen LogP contribution in [0.1, 0.15) is 18.4 Å². The average Bonchev–Trinajstić information content (AvgIpc) is 2.63. The highest BCUT2D eigenvalue weighted by Crippen LogP contribution is 2.23. The van der Waals surface area contributed by atoms with Gasteiger partial charge in [-0.05, 0) is 36.0 Å². The summed E-state index contributed by atoms with van der Waals surface area (Å²) in [6, 6.07) is 7.82. The number of anilines is 1. The van der Waals surface area contributed by atoms with Crippen molar-refractivity contribution in [2.24, 2.45) is 5.92 Å². The van der Waals surface area contributed by atoms with Gasteiger partial charge in [-0.25, -0.2) is 9.97 Å². The quantitative estimate of drug-likeness (QED) is 0.919. The summed E-state index contributed by atoms with van der Waals surface area (Å²) < 4.78 is 5.24. The third-order valence-electron chi connectivity index (χ3n) is 4.38. The Morgan fingerprint density at radius 1 is 1.17 bits per heavy atom. The van der Waals surface area contributed by atoms with E-state index in [1.165, 1.54) is 0 Å².